The average molecular weight is 208 g/mol. The zero-order chi connectivity index (χ0) is 11.3. The molecule has 5 nitrogen and oxygen atoms in total. The van der Waals surface area contributed by atoms with E-state index in [0.29, 0.717) is 17.7 Å². The predicted octanol–water partition coefficient (Wildman–Crippen LogP) is 0.421. The molecule has 1 aromatic rings. The molecule has 0 fully saturated rings. The van der Waals surface area contributed by atoms with Crippen LogP contribution in [0.25, 0.3) is 0 Å². The van der Waals surface area contributed by atoms with Gasteiger partial charge in [0.05, 0.1) is 18.5 Å². The molecule has 0 aliphatic rings. The number of rotatable bonds is 4. The number of aldehydes is 1. The molecule has 0 aliphatic heterocycles. The highest BCUT2D eigenvalue weighted by molar-refractivity contribution is 5.96. The Morgan fingerprint density at radius 3 is 2.73 bits per heavy atom. The van der Waals surface area contributed by atoms with E-state index in [9.17, 15) is 9.59 Å². The fourth-order valence-corrected chi connectivity index (χ4v) is 1.07. The zero-order valence-corrected chi connectivity index (χ0v) is 8.27. The van der Waals surface area contributed by atoms with Crippen LogP contribution in [0.4, 0.5) is 11.4 Å². The number of para-hydroxylation sites is 2. The van der Waals surface area contributed by atoms with Crippen molar-refractivity contribution in [2.75, 3.05) is 18.2 Å². The van der Waals surface area contributed by atoms with Gasteiger partial charge in [-0.15, -0.1) is 0 Å². The molecule has 3 N–H and O–H groups in total. The number of ether oxygens (including phenoxy) is 1. The van der Waals surface area contributed by atoms with Crippen molar-refractivity contribution >= 4 is 23.6 Å². The van der Waals surface area contributed by atoms with Gasteiger partial charge in [0.1, 0.15) is 0 Å². The third-order valence-corrected chi connectivity index (χ3v) is 1.86. The number of nitrogens with one attached hydrogen (secondary N) is 1. The van der Waals surface area contributed by atoms with Crippen molar-refractivity contribution in [1.82, 2.24) is 0 Å². The second-order valence-electron chi connectivity index (χ2n) is 2.87. The van der Waals surface area contributed by atoms with Gasteiger partial charge >= 0.3 is 5.97 Å². The molecule has 1 aromatic carbocycles. The van der Waals surface area contributed by atoms with E-state index < -0.39 is 12.0 Å². The summed E-state index contributed by atoms with van der Waals surface area (Å²) in [6, 6.07) is 5.82. The smallest absolute Gasteiger partial charge is 0.335 e. The second kappa shape index (κ2) is 4.99. The highest BCUT2D eigenvalue weighted by Crippen LogP contribution is 2.17. The van der Waals surface area contributed by atoms with E-state index in [1.54, 1.807) is 24.3 Å². The highest BCUT2D eigenvalue weighted by atomic mass is 16.5. The molecule has 1 unspecified atom stereocenters. The summed E-state index contributed by atoms with van der Waals surface area (Å²) in [4.78, 5) is 21.7. The number of hydrogen-bond acceptors (Lipinski definition) is 5. The number of nitrogens with two attached hydrogens (primary N) is 1. The molecule has 0 bridgehead atoms. The number of carbonyl (C=O) groups is 2. The van der Waals surface area contributed by atoms with E-state index in [4.69, 9.17) is 5.73 Å². The van der Waals surface area contributed by atoms with Crippen LogP contribution in [0.2, 0.25) is 0 Å². The van der Waals surface area contributed by atoms with Gasteiger partial charge in [-0.2, -0.15) is 0 Å². The monoisotopic (exact) mass is 208 g/mol. The van der Waals surface area contributed by atoms with E-state index in [-0.39, 0.29) is 0 Å². The molecule has 0 aromatic heterocycles. The lowest BCUT2D eigenvalue weighted by molar-refractivity contribution is -0.142. The van der Waals surface area contributed by atoms with Crippen molar-refractivity contribution in [1.29, 1.82) is 0 Å². The van der Waals surface area contributed by atoms with Gasteiger partial charge in [-0.3, -0.25) is 0 Å². The minimum atomic E-state index is -1.03. The zero-order valence-electron chi connectivity index (χ0n) is 8.27. The van der Waals surface area contributed by atoms with Crippen molar-refractivity contribution in [2.24, 2.45) is 0 Å². The minimum Gasteiger partial charge on any atom is -0.467 e. The van der Waals surface area contributed by atoms with Crippen molar-refractivity contribution in [3.8, 4) is 0 Å². The van der Waals surface area contributed by atoms with Crippen LogP contribution >= 0.6 is 0 Å². The van der Waals surface area contributed by atoms with Gasteiger partial charge < -0.3 is 20.6 Å². The maximum Gasteiger partial charge on any atom is 0.335 e. The van der Waals surface area contributed by atoms with Crippen LogP contribution in [-0.2, 0) is 14.3 Å². The van der Waals surface area contributed by atoms with Crippen LogP contribution in [0.5, 0.6) is 0 Å². The third-order valence-electron chi connectivity index (χ3n) is 1.86. The first-order chi connectivity index (χ1) is 7.19. The van der Waals surface area contributed by atoms with Crippen LogP contribution in [0.3, 0.4) is 0 Å². The van der Waals surface area contributed by atoms with Crippen LogP contribution in [-0.4, -0.2) is 25.4 Å². The lowest BCUT2D eigenvalue weighted by Crippen LogP contribution is -2.32. The summed E-state index contributed by atoms with van der Waals surface area (Å²) in [6.45, 7) is 0. The molecule has 0 saturated carbocycles. The summed E-state index contributed by atoms with van der Waals surface area (Å²) in [5.74, 6) is -0.645. The van der Waals surface area contributed by atoms with E-state index >= 15 is 0 Å². The van der Waals surface area contributed by atoms with Gasteiger partial charge in [-0.25, -0.2) is 4.79 Å². The number of hydrogen-bond donors (Lipinski definition) is 2. The number of nitrogen functional groups attached to an aromatic ring is 1. The van der Waals surface area contributed by atoms with Gasteiger partial charge in [-0.05, 0) is 12.1 Å². The Balaban J connectivity index is 2.80. The third kappa shape index (κ3) is 2.70. The lowest BCUT2D eigenvalue weighted by atomic mass is 10.2. The molecule has 0 radical (unpaired) electrons. The van der Waals surface area contributed by atoms with Crippen LogP contribution in [0.15, 0.2) is 24.3 Å². The van der Waals surface area contributed by atoms with Gasteiger partial charge in [0.25, 0.3) is 0 Å². The Bertz CT molecular complexity index is 365. The summed E-state index contributed by atoms with van der Waals surface area (Å²) >= 11 is 0. The minimum absolute atomic E-state index is 0.466. The summed E-state index contributed by atoms with van der Waals surface area (Å²) in [5.41, 5.74) is 6.63. The number of carbonyl (C=O) groups excluding carboxylic acids is 2. The SMILES string of the molecule is COC(=O)C(C=O)Nc1ccccc1N. The summed E-state index contributed by atoms with van der Waals surface area (Å²) in [6.07, 6.45) is 0.471. The van der Waals surface area contributed by atoms with Crippen LogP contribution < -0.4 is 11.1 Å². The van der Waals surface area contributed by atoms with E-state index in [0.717, 1.165) is 0 Å². The fraction of sp³-hybridized carbons (Fsp3) is 0.200. The summed E-state index contributed by atoms with van der Waals surface area (Å²) < 4.78 is 4.44. The maximum absolute atomic E-state index is 11.1. The van der Waals surface area contributed by atoms with E-state index in [1.807, 2.05) is 0 Å². The average Bonchev–Trinajstić information content (AvgIpc) is 2.27. The molecule has 0 spiro atoms. The molecule has 1 rings (SSSR count). The van der Waals surface area contributed by atoms with Gasteiger partial charge in [0, 0.05) is 0 Å². The van der Waals surface area contributed by atoms with Crippen molar-refractivity contribution < 1.29 is 14.3 Å². The largest absolute Gasteiger partial charge is 0.467 e. The van der Waals surface area contributed by atoms with Crippen molar-refractivity contribution in [3.05, 3.63) is 24.3 Å². The number of benzene rings is 1. The maximum atomic E-state index is 11.1. The topological polar surface area (TPSA) is 81.4 Å². The second-order valence-corrected chi connectivity index (χ2v) is 2.87. The molecule has 1 atom stereocenters. The highest BCUT2D eigenvalue weighted by Gasteiger charge is 2.18. The number of esters is 1. The summed E-state index contributed by atoms with van der Waals surface area (Å²) in [5, 5.41) is 2.68. The fourth-order valence-electron chi connectivity index (χ4n) is 1.07. The van der Waals surface area contributed by atoms with Gasteiger partial charge in [-0.1, -0.05) is 12.1 Å². The quantitative estimate of drug-likeness (QED) is 0.324. The number of methoxy groups -OCH3 is 1. The van der Waals surface area contributed by atoms with Crippen LogP contribution in [0, 0.1) is 0 Å². The Kier molecular flexibility index (Phi) is 3.68. The first kappa shape index (κ1) is 11.0. The predicted molar refractivity (Wildman–Crippen MR) is 56.3 cm³/mol. The Hall–Kier alpha value is -2.04. The van der Waals surface area contributed by atoms with E-state index in [2.05, 4.69) is 10.1 Å². The molecule has 5 heteroatoms. The first-order valence-corrected chi connectivity index (χ1v) is 4.33. The van der Waals surface area contributed by atoms with Crippen molar-refractivity contribution in [2.45, 2.75) is 6.04 Å². The molecule has 0 saturated heterocycles. The molecule has 0 amide bonds. The van der Waals surface area contributed by atoms with E-state index in [1.165, 1.54) is 7.11 Å². The molecule has 0 heterocycles. The Morgan fingerprint density at radius 1 is 1.53 bits per heavy atom. The molecular weight excluding hydrogens is 196 g/mol. The lowest BCUT2D eigenvalue weighted by Gasteiger charge is -2.13. The summed E-state index contributed by atoms with van der Waals surface area (Å²) in [7, 11) is 1.22. The van der Waals surface area contributed by atoms with Gasteiger partial charge in [0.15, 0.2) is 12.3 Å². The normalized spacial score (nSPS) is 11.5. The Morgan fingerprint density at radius 2 is 2.20 bits per heavy atom. The molecule has 0 aliphatic carbocycles. The molecular formula is C10H12N2O3. The molecule has 15 heavy (non-hydrogen) atoms. The first-order valence-electron chi connectivity index (χ1n) is 4.33. The number of anilines is 2. The Labute approximate surface area is 87.2 Å². The molecule has 80 valence electrons. The standard InChI is InChI=1S/C10H12N2O3/c1-15-10(14)9(6-13)12-8-5-3-2-4-7(8)11/h2-6,9,12H,11H2,1H3. The van der Waals surface area contributed by atoms with Crippen LogP contribution in [0.1, 0.15) is 0 Å². The van der Waals surface area contributed by atoms with Gasteiger partial charge in [0.2, 0.25) is 0 Å². The van der Waals surface area contributed by atoms with Crippen molar-refractivity contribution in [3.63, 3.8) is 0 Å².